The van der Waals surface area contributed by atoms with Crippen LogP contribution in [0.5, 0.6) is 0 Å². The first kappa shape index (κ1) is 14.9. The molecular formula is C9H14ClN3O4S. The normalized spacial score (nSPS) is 12.7. The summed E-state index contributed by atoms with van der Waals surface area (Å²) in [4.78, 5) is 9.81. The molecule has 9 heteroatoms. The van der Waals surface area contributed by atoms with Gasteiger partial charge in [0.05, 0.1) is 28.3 Å². The van der Waals surface area contributed by atoms with Crippen molar-refractivity contribution in [1.29, 1.82) is 0 Å². The Labute approximate surface area is 110 Å². The Morgan fingerprint density at radius 1 is 1.50 bits per heavy atom. The SMILES string of the molecule is CC(C)(C)S(=O)(=O)CCn1cc(Cl)c([N+](=O)[O-])n1. The van der Waals surface area contributed by atoms with E-state index < -0.39 is 25.3 Å². The molecule has 102 valence electrons. The summed E-state index contributed by atoms with van der Waals surface area (Å²) in [5, 5.41) is 14.0. The van der Waals surface area contributed by atoms with Crippen LogP contribution in [0.1, 0.15) is 20.8 Å². The van der Waals surface area contributed by atoms with Crippen molar-refractivity contribution in [2.24, 2.45) is 0 Å². The molecule has 0 spiro atoms. The number of nitro groups is 1. The lowest BCUT2D eigenvalue weighted by Gasteiger charge is -2.18. The van der Waals surface area contributed by atoms with Crippen molar-refractivity contribution in [2.45, 2.75) is 32.1 Å². The predicted molar refractivity (Wildman–Crippen MR) is 67.4 cm³/mol. The van der Waals surface area contributed by atoms with E-state index in [0.717, 1.165) is 0 Å². The summed E-state index contributed by atoms with van der Waals surface area (Å²) in [6.07, 6.45) is 1.25. The quantitative estimate of drug-likeness (QED) is 0.622. The molecule has 0 N–H and O–H groups in total. The highest BCUT2D eigenvalue weighted by Crippen LogP contribution is 2.22. The Morgan fingerprint density at radius 2 is 2.06 bits per heavy atom. The van der Waals surface area contributed by atoms with Gasteiger partial charge in [-0.15, -0.1) is 0 Å². The number of hydrogen-bond acceptors (Lipinski definition) is 5. The molecule has 0 saturated carbocycles. The molecule has 0 aliphatic rings. The van der Waals surface area contributed by atoms with Gasteiger partial charge in [-0.2, -0.15) is 4.68 Å². The average Bonchev–Trinajstić information content (AvgIpc) is 2.55. The van der Waals surface area contributed by atoms with Gasteiger partial charge in [0.25, 0.3) is 0 Å². The highest BCUT2D eigenvalue weighted by molar-refractivity contribution is 7.92. The zero-order valence-corrected chi connectivity index (χ0v) is 11.8. The van der Waals surface area contributed by atoms with Crippen molar-refractivity contribution >= 4 is 27.3 Å². The van der Waals surface area contributed by atoms with Crippen LogP contribution in [-0.4, -0.2) is 33.6 Å². The van der Waals surface area contributed by atoms with Gasteiger partial charge < -0.3 is 10.1 Å². The van der Waals surface area contributed by atoms with E-state index in [9.17, 15) is 18.5 Å². The molecule has 1 rings (SSSR count). The van der Waals surface area contributed by atoms with Crippen molar-refractivity contribution in [1.82, 2.24) is 9.78 Å². The monoisotopic (exact) mass is 295 g/mol. The maximum atomic E-state index is 11.8. The first-order chi connectivity index (χ1) is 8.04. The van der Waals surface area contributed by atoms with Crippen molar-refractivity contribution in [3.05, 3.63) is 21.3 Å². The first-order valence-electron chi connectivity index (χ1n) is 5.14. The Kier molecular flexibility index (Phi) is 4.02. The number of nitrogens with zero attached hydrogens (tertiary/aromatic N) is 3. The van der Waals surface area contributed by atoms with Gasteiger partial charge in [0.1, 0.15) is 0 Å². The molecule has 18 heavy (non-hydrogen) atoms. The van der Waals surface area contributed by atoms with Crippen LogP contribution in [0.3, 0.4) is 0 Å². The zero-order chi connectivity index (χ0) is 14.1. The molecule has 7 nitrogen and oxygen atoms in total. The second-order valence-electron chi connectivity index (χ2n) is 4.75. The Morgan fingerprint density at radius 3 is 2.44 bits per heavy atom. The molecule has 0 fully saturated rings. The lowest BCUT2D eigenvalue weighted by molar-refractivity contribution is -0.389. The minimum absolute atomic E-state index is 0.0349. The fourth-order valence-electron chi connectivity index (χ4n) is 1.15. The van der Waals surface area contributed by atoms with Crippen molar-refractivity contribution in [3.63, 3.8) is 0 Å². The van der Waals surface area contributed by atoms with Crippen LogP contribution in [0.2, 0.25) is 5.02 Å². The minimum atomic E-state index is -3.29. The minimum Gasteiger partial charge on any atom is -0.358 e. The van der Waals surface area contributed by atoms with E-state index in [1.807, 2.05) is 0 Å². The number of sulfone groups is 1. The maximum absolute atomic E-state index is 11.8. The van der Waals surface area contributed by atoms with Crippen LogP contribution in [0.15, 0.2) is 6.20 Å². The number of rotatable bonds is 4. The fourth-order valence-corrected chi connectivity index (χ4v) is 2.40. The van der Waals surface area contributed by atoms with Crippen LogP contribution in [-0.2, 0) is 16.4 Å². The Bertz CT molecular complexity index is 559. The summed E-state index contributed by atoms with van der Waals surface area (Å²) in [5.74, 6) is -0.615. The third-order valence-electron chi connectivity index (χ3n) is 2.39. The number of aryl methyl sites for hydroxylation is 1. The third-order valence-corrected chi connectivity index (χ3v) is 5.25. The smallest absolute Gasteiger partial charge is 0.358 e. The molecule has 0 aliphatic heterocycles. The highest BCUT2D eigenvalue weighted by atomic mass is 35.5. The largest absolute Gasteiger partial charge is 0.408 e. The number of halogens is 1. The molecule has 1 heterocycles. The molecule has 0 saturated heterocycles. The lowest BCUT2D eigenvalue weighted by Crippen LogP contribution is -2.32. The van der Waals surface area contributed by atoms with Crippen LogP contribution < -0.4 is 0 Å². The van der Waals surface area contributed by atoms with Crippen LogP contribution in [0.25, 0.3) is 0 Å². The molecule has 0 aliphatic carbocycles. The van der Waals surface area contributed by atoms with Gasteiger partial charge in [-0.1, -0.05) is 11.6 Å². The van der Waals surface area contributed by atoms with Gasteiger partial charge in [0, 0.05) is 0 Å². The molecule has 0 aromatic carbocycles. The van der Waals surface area contributed by atoms with Gasteiger partial charge in [0.15, 0.2) is 14.9 Å². The summed E-state index contributed by atoms with van der Waals surface area (Å²) in [7, 11) is -3.29. The van der Waals surface area contributed by atoms with E-state index in [1.165, 1.54) is 10.9 Å². The van der Waals surface area contributed by atoms with Crippen molar-refractivity contribution in [3.8, 4) is 0 Å². The summed E-state index contributed by atoms with van der Waals surface area (Å²) in [5.41, 5.74) is 0. The summed E-state index contributed by atoms with van der Waals surface area (Å²) < 4.78 is 24.0. The summed E-state index contributed by atoms with van der Waals surface area (Å²) >= 11 is 5.61. The van der Waals surface area contributed by atoms with Gasteiger partial charge in [-0.25, -0.2) is 8.42 Å². The van der Waals surface area contributed by atoms with Crippen molar-refractivity contribution in [2.75, 3.05) is 5.75 Å². The van der Waals surface area contributed by atoms with Crippen LogP contribution in [0.4, 0.5) is 5.82 Å². The molecule has 0 atom stereocenters. The standard InChI is InChI=1S/C9H14ClN3O4S/c1-9(2,3)18(16,17)5-4-12-6-7(10)8(11-12)13(14)15/h6H,4-5H2,1-3H3. The van der Waals surface area contributed by atoms with Gasteiger partial charge in [0.2, 0.25) is 0 Å². The molecular weight excluding hydrogens is 282 g/mol. The van der Waals surface area contributed by atoms with Crippen LogP contribution >= 0.6 is 11.6 Å². The van der Waals surface area contributed by atoms with Crippen molar-refractivity contribution < 1.29 is 13.3 Å². The molecule has 0 unspecified atom stereocenters. The topological polar surface area (TPSA) is 95.1 Å². The van der Waals surface area contributed by atoms with E-state index >= 15 is 0 Å². The maximum Gasteiger partial charge on any atom is 0.408 e. The molecule has 0 radical (unpaired) electrons. The fraction of sp³-hybridized carbons (Fsp3) is 0.667. The van der Waals surface area contributed by atoms with E-state index in [-0.39, 0.29) is 17.3 Å². The van der Waals surface area contributed by atoms with E-state index in [4.69, 9.17) is 11.6 Å². The van der Waals surface area contributed by atoms with E-state index in [0.29, 0.717) is 0 Å². The van der Waals surface area contributed by atoms with E-state index in [2.05, 4.69) is 5.10 Å². The van der Waals surface area contributed by atoms with E-state index in [1.54, 1.807) is 20.8 Å². The second-order valence-corrected chi connectivity index (χ2v) is 8.02. The zero-order valence-electron chi connectivity index (χ0n) is 10.3. The summed E-state index contributed by atoms with van der Waals surface area (Å²) in [6.45, 7) is 4.83. The van der Waals surface area contributed by atoms with Crippen LogP contribution in [0, 0.1) is 10.1 Å². The predicted octanol–water partition coefficient (Wildman–Crippen LogP) is 1.66. The second kappa shape index (κ2) is 4.85. The molecule has 0 bridgehead atoms. The molecule has 1 aromatic heterocycles. The summed E-state index contributed by atoms with van der Waals surface area (Å²) in [6, 6.07) is 0. The Hall–Kier alpha value is -1.15. The molecule has 0 amide bonds. The number of aromatic nitrogens is 2. The van der Waals surface area contributed by atoms with Gasteiger partial charge in [-0.05, 0) is 25.7 Å². The molecule has 1 aromatic rings. The number of hydrogen-bond donors (Lipinski definition) is 0. The highest BCUT2D eigenvalue weighted by Gasteiger charge is 2.29. The lowest BCUT2D eigenvalue weighted by atomic mass is 10.3. The van der Waals surface area contributed by atoms with Gasteiger partial charge >= 0.3 is 5.82 Å². The average molecular weight is 296 g/mol. The first-order valence-corrected chi connectivity index (χ1v) is 7.17. The van der Waals surface area contributed by atoms with Gasteiger partial charge in [-0.3, -0.25) is 0 Å². The Balaban J connectivity index is 2.83. The third kappa shape index (κ3) is 3.20.